The first-order valence-electron chi connectivity index (χ1n) is 6.61. The first-order chi connectivity index (χ1) is 8.50. The Morgan fingerprint density at radius 3 is 2.67 bits per heavy atom. The molecule has 0 aliphatic carbocycles. The highest BCUT2D eigenvalue weighted by Gasteiger charge is 2.39. The van der Waals surface area contributed by atoms with E-state index in [9.17, 15) is 4.79 Å². The number of aryl methyl sites for hydroxylation is 1. The number of likely N-dealkylation sites (tertiary alicyclic amines) is 1. The Kier molecular flexibility index (Phi) is 3.71. The van der Waals surface area contributed by atoms with Crippen molar-refractivity contribution in [3.8, 4) is 0 Å². The number of nitrogens with two attached hydrogens (primary N) is 1. The summed E-state index contributed by atoms with van der Waals surface area (Å²) in [4.78, 5) is 14.0. The Balaban J connectivity index is 2.34. The van der Waals surface area contributed by atoms with Gasteiger partial charge in [-0.1, -0.05) is 38.1 Å². The van der Waals surface area contributed by atoms with Crippen molar-refractivity contribution in [1.29, 1.82) is 0 Å². The van der Waals surface area contributed by atoms with Gasteiger partial charge in [0, 0.05) is 19.0 Å². The zero-order valence-electron chi connectivity index (χ0n) is 11.4. The summed E-state index contributed by atoms with van der Waals surface area (Å²) >= 11 is 0. The maximum atomic E-state index is 12.1. The van der Waals surface area contributed by atoms with Crippen molar-refractivity contribution in [2.75, 3.05) is 6.54 Å². The molecule has 0 bridgehead atoms. The van der Waals surface area contributed by atoms with Gasteiger partial charge >= 0.3 is 0 Å². The largest absolute Gasteiger partial charge is 0.334 e. The molecule has 2 N–H and O–H groups in total. The number of carbonyl (C=O) groups is 1. The second-order valence-corrected chi connectivity index (χ2v) is 5.61. The van der Waals surface area contributed by atoms with Crippen LogP contribution in [0.3, 0.4) is 0 Å². The van der Waals surface area contributed by atoms with Crippen LogP contribution in [-0.2, 0) is 4.79 Å². The summed E-state index contributed by atoms with van der Waals surface area (Å²) in [5, 5.41) is 0. The van der Waals surface area contributed by atoms with Crippen LogP contribution >= 0.6 is 0 Å². The molecule has 1 amide bonds. The van der Waals surface area contributed by atoms with Gasteiger partial charge in [-0.15, -0.1) is 0 Å². The number of benzene rings is 1. The summed E-state index contributed by atoms with van der Waals surface area (Å²) in [6, 6.07) is 8.17. The Bertz CT molecular complexity index is 442. The molecule has 0 aromatic heterocycles. The molecule has 0 spiro atoms. The molecule has 98 valence electrons. The van der Waals surface area contributed by atoms with Gasteiger partial charge in [0.05, 0.1) is 6.04 Å². The van der Waals surface area contributed by atoms with Gasteiger partial charge in [0.1, 0.15) is 0 Å². The minimum absolute atomic E-state index is 0.0427. The van der Waals surface area contributed by atoms with E-state index < -0.39 is 0 Å². The number of rotatable bonds is 3. The highest BCUT2D eigenvalue weighted by molar-refractivity contribution is 5.80. The van der Waals surface area contributed by atoms with E-state index in [2.05, 4.69) is 32.9 Å². The monoisotopic (exact) mass is 246 g/mol. The molecule has 2 atom stereocenters. The average molecular weight is 246 g/mol. The third-order valence-electron chi connectivity index (χ3n) is 3.54. The van der Waals surface area contributed by atoms with E-state index in [1.807, 2.05) is 17.0 Å². The van der Waals surface area contributed by atoms with E-state index >= 15 is 0 Å². The molecular weight excluding hydrogens is 224 g/mol. The standard InChI is InChI=1S/C15H22N2O/c1-10(2)9-17-14(18)8-13(16)15(17)12-7-5-4-6-11(12)3/h4-7,10,13,15H,8-9,16H2,1-3H3. The van der Waals surface area contributed by atoms with Crippen LogP contribution in [0.4, 0.5) is 0 Å². The summed E-state index contributed by atoms with van der Waals surface area (Å²) < 4.78 is 0. The van der Waals surface area contributed by atoms with Gasteiger partial charge in [0.2, 0.25) is 5.91 Å². The van der Waals surface area contributed by atoms with Crippen LogP contribution in [0.15, 0.2) is 24.3 Å². The minimum atomic E-state index is -0.0858. The Morgan fingerprint density at radius 2 is 2.06 bits per heavy atom. The van der Waals surface area contributed by atoms with E-state index in [0.29, 0.717) is 12.3 Å². The molecule has 0 radical (unpaired) electrons. The molecule has 1 heterocycles. The summed E-state index contributed by atoms with van der Waals surface area (Å²) in [7, 11) is 0. The smallest absolute Gasteiger partial charge is 0.224 e. The molecule has 2 unspecified atom stereocenters. The van der Waals surface area contributed by atoms with Crippen LogP contribution in [0.2, 0.25) is 0 Å². The summed E-state index contributed by atoms with van der Waals surface area (Å²) in [6.45, 7) is 7.13. The molecule has 3 heteroatoms. The Morgan fingerprint density at radius 1 is 1.39 bits per heavy atom. The maximum absolute atomic E-state index is 12.1. The van der Waals surface area contributed by atoms with Crippen molar-refractivity contribution in [3.63, 3.8) is 0 Å². The Labute approximate surface area is 109 Å². The lowest BCUT2D eigenvalue weighted by Gasteiger charge is -2.29. The SMILES string of the molecule is Cc1ccccc1C1C(N)CC(=O)N1CC(C)C. The number of hydrogen-bond donors (Lipinski definition) is 1. The molecule has 1 fully saturated rings. The quantitative estimate of drug-likeness (QED) is 0.889. The van der Waals surface area contributed by atoms with Gasteiger partial charge < -0.3 is 10.6 Å². The van der Waals surface area contributed by atoms with Crippen LogP contribution in [0, 0.1) is 12.8 Å². The van der Waals surface area contributed by atoms with Crippen LogP contribution in [-0.4, -0.2) is 23.4 Å². The lowest BCUT2D eigenvalue weighted by Crippen LogP contribution is -2.35. The molecular formula is C15H22N2O. The van der Waals surface area contributed by atoms with Crippen molar-refractivity contribution in [2.24, 2.45) is 11.7 Å². The van der Waals surface area contributed by atoms with Crippen molar-refractivity contribution < 1.29 is 4.79 Å². The molecule has 1 aliphatic rings. The molecule has 1 aliphatic heterocycles. The molecule has 1 aromatic rings. The van der Waals surface area contributed by atoms with Gasteiger partial charge in [-0.2, -0.15) is 0 Å². The molecule has 18 heavy (non-hydrogen) atoms. The number of amides is 1. The van der Waals surface area contributed by atoms with Gasteiger partial charge in [-0.25, -0.2) is 0 Å². The number of hydrogen-bond acceptors (Lipinski definition) is 2. The summed E-state index contributed by atoms with van der Waals surface area (Å²) in [5.74, 6) is 0.648. The topological polar surface area (TPSA) is 46.3 Å². The lowest BCUT2D eigenvalue weighted by atomic mass is 9.96. The van der Waals surface area contributed by atoms with E-state index in [4.69, 9.17) is 5.73 Å². The molecule has 2 rings (SSSR count). The van der Waals surface area contributed by atoms with Crippen LogP contribution < -0.4 is 5.73 Å². The second kappa shape index (κ2) is 5.11. The average Bonchev–Trinajstić information content (AvgIpc) is 2.55. The first-order valence-corrected chi connectivity index (χ1v) is 6.61. The van der Waals surface area contributed by atoms with Crippen LogP contribution in [0.1, 0.15) is 37.4 Å². The van der Waals surface area contributed by atoms with Gasteiger partial charge in [-0.05, 0) is 24.0 Å². The van der Waals surface area contributed by atoms with E-state index in [-0.39, 0.29) is 18.0 Å². The van der Waals surface area contributed by atoms with Crippen molar-refractivity contribution in [3.05, 3.63) is 35.4 Å². The van der Waals surface area contributed by atoms with E-state index in [1.165, 1.54) is 11.1 Å². The van der Waals surface area contributed by atoms with Crippen LogP contribution in [0.5, 0.6) is 0 Å². The fourth-order valence-corrected chi connectivity index (χ4v) is 2.74. The summed E-state index contributed by atoms with van der Waals surface area (Å²) in [5.41, 5.74) is 8.57. The lowest BCUT2D eigenvalue weighted by molar-refractivity contribution is -0.129. The third kappa shape index (κ3) is 2.41. The summed E-state index contributed by atoms with van der Waals surface area (Å²) in [6.07, 6.45) is 0.464. The fraction of sp³-hybridized carbons (Fsp3) is 0.533. The van der Waals surface area contributed by atoms with Crippen molar-refractivity contribution in [1.82, 2.24) is 4.90 Å². The van der Waals surface area contributed by atoms with Gasteiger partial charge in [0.15, 0.2) is 0 Å². The third-order valence-corrected chi connectivity index (χ3v) is 3.54. The van der Waals surface area contributed by atoms with Crippen LogP contribution in [0.25, 0.3) is 0 Å². The van der Waals surface area contributed by atoms with Crippen molar-refractivity contribution in [2.45, 2.75) is 39.3 Å². The Hall–Kier alpha value is -1.35. The first kappa shape index (κ1) is 13.1. The van der Waals surface area contributed by atoms with E-state index in [0.717, 1.165) is 6.54 Å². The highest BCUT2D eigenvalue weighted by Crippen LogP contribution is 2.34. The highest BCUT2D eigenvalue weighted by atomic mass is 16.2. The normalized spacial score (nSPS) is 24.1. The predicted octanol–water partition coefficient (Wildman–Crippen LogP) is 2.25. The van der Waals surface area contributed by atoms with Gasteiger partial charge in [-0.3, -0.25) is 4.79 Å². The van der Waals surface area contributed by atoms with E-state index in [1.54, 1.807) is 0 Å². The molecule has 3 nitrogen and oxygen atoms in total. The van der Waals surface area contributed by atoms with Gasteiger partial charge in [0.25, 0.3) is 0 Å². The molecule has 1 saturated heterocycles. The predicted molar refractivity (Wildman–Crippen MR) is 73.1 cm³/mol. The number of nitrogens with zero attached hydrogens (tertiary/aromatic N) is 1. The molecule has 0 saturated carbocycles. The second-order valence-electron chi connectivity index (χ2n) is 5.61. The van der Waals surface area contributed by atoms with Crippen molar-refractivity contribution >= 4 is 5.91 Å². The maximum Gasteiger partial charge on any atom is 0.224 e. The molecule has 1 aromatic carbocycles. The fourth-order valence-electron chi connectivity index (χ4n) is 2.74. The number of carbonyl (C=O) groups excluding carboxylic acids is 1. The zero-order chi connectivity index (χ0) is 13.3. The minimum Gasteiger partial charge on any atom is -0.334 e. The zero-order valence-corrected chi connectivity index (χ0v) is 11.4.